The Balaban J connectivity index is 2.22. The molecular weight excluding hydrogens is 242 g/mol. The molecule has 0 saturated carbocycles. The second-order valence-electron chi connectivity index (χ2n) is 4.24. The Labute approximate surface area is 108 Å². The van der Waals surface area contributed by atoms with Gasteiger partial charge in [-0.2, -0.15) is 0 Å². The van der Waals surface area contributed by atoms with Gasteiger partial charge in [-0.3, -0.25) is 9.78 Å². The van der Waals surface area contributed by atoms with Crippen molar-refractivity contribution in [1.82, 2.24) is 19.6 Å². The lowest BCUT2D eigenvalue weighted by Gasteiger charge is -1.95. The van der Waals surface area contributed by atoms with Crippen molar-refractivity contribution in [3.05, 3.63) is 47.9 Å². The largest absolute Gasteiger partial charge is 0.365 e. The molecule has 0 aliphatic heterocycles. The fourth-order valence-electron chi connectivity index (χ4n) is 1.90. The van der Waals surface area contributed by atoms with E-state index in [1.807, 2.05) is 13.0 Å². The fourth-order valence-corrected chi connectivity index (χ4v) is 1.90. The van der Waals surface area contributed by atoms with Crippen LogP contribution in [0.3, 0.4) is 0 Å². The minimum Gasteiger partial charge on any atom is -0.365 e. The second-order valence-corrected chi connectivity index (χ2v) is 4.24. The smallest absolute Gasteiger partial charge is 0.252 e. The van der Waals surface area contributed by atoms with E-state index >= 15 is 0 Å². The van der Waals surface area contributed by atoms with Crippen LogP contribution in [0, 0.1) is 6.92 Å². The molecule has 0 spiro atoms. The summed E-state index contributed by atoms with van der Waals surface area (Å²) in [6, 6.07) is 5.27. The van der Waals surface area contributed by atoms with Crippen molar-refractivity contribution in [2.24, 2.45) is 5.73 Å². The van der Waals surface area contributed by atoms with E-state index in [4.69, 9.17) is 5.73 Å². The monoisotopic (exact) mass is 253 g/mol. The van der Waals surface area contributed by atoms with Gasteiger partial charge >= 0.3 is 0 Å². The zero-order valence-electron chi connectivity index (χ0n) is 10.2. The number of carbonyl (C=O) groups excluding carboxylic acids is 1. The first-order chi connectivity index (χ1) is 9.15. The summed E-state index contributed by atoms with van der Waals surface area (Å²) >= 11 is 0. The molecule has 2 N–H and O–H groups in total. The number of aryl methyl sites for hydroxylation is 1. The van der Waals surface area contributed by atoms with Crippen LogP contribution in [0.15, 0.2) is 36.8 Å². The van der Waals surface area contributed by atoms with Crippen LogP contribution in [0.2, 0.25) is 0 Å². The topological polar surface area (TPSA) is 86.2 Å². The van der Waals surface area contributed by atoms with E-state index < -0.39 is 5.91 Å². The minimum atomic E-state index is -0.521. The number of hydrogen-bond donors (Lipinski definition) is 1. The Kier molecular flexibility index (Phi) is 2.49. The summed E-state index contributed by atoms with van der Waals surface area (Å²) in [5, 5.41) is 4.32. The van der Waals surface area contributed by atoms with Crippen molar-refractivity contribution in [2.75, 3.05) is 0 Å². The number of pyridine rings is 2. The molecule has 0 aliphatic carbocycles. The van der Waals surface area contributed by atoms with Gasteiger partial charge in [-0.05, 0) is 30.7 Å². The van der Waals surface area contributed by atoms with E-state index in [1.165, 1.54) is 4.52 Å². The van der Waals surface area contributed by atoms with Gasteiger partial charge < -0.3 is 5.73 Å². The number of rotatable bonds is 2. The predicted octanol–water partition coefficient (Wildman–Crippen LogP) is 1.20. The molecule has 0 atom stereocenters. The minimum absolute atomic E-state index is 0.349. The average molecular weight is 253 g/mol. The highest BCUT2D eigenvalue weighted by molar-refractivity contribution is 5.98. The molecule has 0 aromatic carbocycles. The van der Waals surface area contributed by atoms with E-state index in [0.29, 0.717) is 17.0 Å². The van der Waals surface area contributed by atoms with E-state index in [1.54, 1.807) is 30.7 Å². The first-order valence-electron chi connectivity index (χ1n) is 5.72. The number of primary amides is 1. The molecule has 0 radical (unpaired) electrons. The van der Waals surface area contributed by atoms with Crippen LogP contribution in [-0.2, 0) is 0 Å². The Morgan fingerprint density at radius 3 is 2.95 bits per heavy atom. The number of aromatic nitrogens is 4. The molecule has 6 heteroatoms. The molecule has 94 valence electrons. The second kappa shape index (κ2) is 4.16. The summed E-state index contributed by atoms with van der Waals surface area (Å²) in [6.07, 6.45) is 5.17. The van der Waals surface area contributed by atoms with Crippen molar-refractivity contribution in [3.8, 4) is 11.4 Å². The van der Waals surface area contributed by atoms with Gasteiger partial charge in [0, 0.05) is 24.2 Å². The Bertz CT molecular complexity index is 778. The molecule has 19 heavy (non-hydrogen) atoms. The molecule has 0 aliphatic rings. The van der Waals surface area contributed by atoms with Crippen LogP contribution in [0.1, 0.15) is 15.9 Å². The van der Waals surface area contributed by atoms with Crippen LogP contribution in [-0.4, -0.2) is 25.5 Å². The number of fused-ring (bicyclic) bond motifs is 1. The third-order valence-electron chi connectivity index (χ3n) is 2.76. The van der Waals surface area contributed by atoms with E-state index in [0.717, 1.165) is 11.1 Å². The molecule has 3 aromatic heterocycles. The van der Waals surface area contributed by atoms with Crippen LogP contribution in [0.4, 0.5) is 0 Å². The molecule has 0 fully saturated rings. The molecule has 0 saturated heterocycles. The van der Waals surface area contributed by atoms with Gasteiger partial charge in [0.05, 0.1) is 5.56 Å². The van der Waals surface area contributed by atoms with Crippen molar-refractivity contribution >= 4 is 11.6 Å². The third-order valence-corrected chi connectivity index (χ3v) is 2.76. The third kappa shape index (κ3) is 1.93. The number of hydrogen-bond acceptors (Lipinski definition) is 4. The normalized spacial score (nSPS) is 10.8. The lowest BCUT2D eigenvalue weighted by atomic mass is 10.2. The molecular formula is C13H11N5O. The zero-order chi connectivity index (χ0) is 13.4. The summed E-state index contributed by atoms with van der Waals surface area (Å²) in [4.78, 5) is 19.8. The van der Waals surface area contributed by atoms with Crippen molar-refractivity contribution < 1.29 is 4.79 Å². The zero-order valence-corrected chi connectivity index (χ0v) is 10.2. The van der Waals surface area contributed by atoms with Gasteiger partial charge in [-0.1, -0.05) is 0 Å². The summed E-state index contributed by atoms with van der Waals surface area (Å²) in [6.45, 7) is 1.95. The van der Waals surface area contributed by atoms with Gasteiger partial charge in [0.1, 0.15) is 0 Å². The van der Waals surface area contributed by atoms with E-state index in [-0.39, 0.29) is 0 Å². The van der Waals surface area contributed by atoms with Crippen LogP contribution in [0.5, 0.6) is 0 Å². The van der Waals surface area contributed by atoms with E-state index in [9.17, 15) is 4.79 Å². The Morgan fingerprint density at radius 2 is 2.21 bits per heavy atom. The summed E-state index contributed by atoms with van der Waals surface area (Å²) < 4.78 is 1.54. The highest BCUT2D eigenvalue weighted by Gasteiger charge is 2.12. The van der Waals surface area contributed by atoms with Gasteiger partial charge in [-0.25, -0.2) is 9.50 Å². The first-order valence-corrected chi connectivity index (χ1v) is 5.72. The summed E-state index contributed by atoms with van der Waals surface area (Å²) in [5.74, 6) is -0.00295. The summed E-state index contributed by atoms with van der Waals surface area (Å²) in [7, 11) is 0. The summed E-state index contributed by atoms with van der Waals surface area (Å²) in [5.41, 5.74) is 7.94. The average Bonchev–Trinajstić information content (AvgIpc) is 2.82. The van der Waals surface area contributed by atoms with Gasteiger partial charge in [0.25, 0.3) is 5.91 Å². The maximum Gasteiger partial charge on any atom is 0.252 e. The van der Waals surface area contributed by atoms with E-state index in [2.05, 4.69) is 15.1 Å². The molecule has 1 amide bonds. The molecule has 6 nitrogen and oxygen atoms in total. The maximum atomic E-state index is 11.3. The fraction of sp³-hybridized carbons (Fsp3) is 0.0769. The van der Waals surface area contributed by atoms with Crippen LogP contribution < -0.4 is 5.73 Å². The molecule has 3 aromatic rings. The molecule has 3 heterocycles. The maximum absolute atomic E-state index is 11.3. The van der Waals surface area contributed by atoms with Crippen molar-refractivity contribution in [2.45, 2.75) is 6.92 Å². The lowest BCUT2D eigenvalue weighted by Crippen LogP contribution is -2.12. The van der Waals surface area contributed by atoms with Gasteiger partial charge in [-0.15, -0.1) is 5.10 Å². The Morgan fingerprint density at radius 1 is 1.37 bits per heavy atom. The number of nitrogens with zero attached hydrogens (tertiary/aromatic N) is 4. The first kappa shape index (κ1) is 11.3. The van der Waals surface area contributed by atoms with Gasteiger partial charge in [0.2, 0.25) is 0 Å². The number of amides is 1. The Hall–Kier alpha value is -2.76. The highest BCUT2D eigenvalue weighted by atomic mass is 16.1. The molecule has 0 unspecified atom stereocenters. The van der Waals surface area contributed by atoms with Gasteiger partial charge in [0.15, 0.2) is 11.5 Å². The quantitative estimate of drug-likeness (QED) is 0.743. The van der Waals surface area contributed by atoms with Crippen molar-refractivity contribution in [1.29, 1.82) is 0 Å². The van der Waals surface area contributed by atoms with Crippen LogP contribution in [0.25, 0.3) is 17.0 Å². The highest BCUT2D eigenvalue weighted by Crippen LogP contribution is 2.17. The van der Waals surface area contributed by atoms with Crippen molar-refractivity contribution in [3.63, 3.8) is 0 Å². The number of carbonyl (C=O) groups is 1. The molecule has 0 bridgehead atoms. The number of nitrogens with two attached hydrogens (primary N) is 1. The standard InChI is InChI=1S/C13H11N5O/c1-8-5-9(7-15-6-8)12-16-13-10(11(14)19)3-2-4-18(13)17-12/h2-7H,1H3,(H2,14,19). The lowest BCUT2D eigenvalue weighted by molar-refractivity contribution is 0.100. The predicted molar refractivity (Wildman–Crippen MR) is 69.5 cm³/mol. The molecule has 3 rings (SSSR count). The SMILES string of the molecule is Cc1cncc(-c2nc3c(C(N)=O)cccn3n2)c1. The van der Waals surface area contributed by atoms with Crippen LogP contribution >= 0.6 is 0 Å².